The number of ether oxygens (including phenoxy) is 1. The van der Waals surface area contributed by atoms with Crippen molar-refractivity contribution in [3.63, 3.8) is 0 Å². The molecule has 2 aromatic heterocycles. The van der Waals surface area contributed by atoms with Gasteiger partial charge in [-0.25, -0.2) is 4.98 Å². The zero-order valence-corrected chi connectivity index (χ0v) is 49.6. The maximum atomic E-state index is 7.35. The van der Waals surface area contributed by atoms with Gasteiger partial charge >= 0.3 is 0 Å². The SMILES string of the molecule is CC(C)(C)c1ccc(C2(c3ccnc(-n4c5ccccc5c5ccc(Oc6cc(N7CN(c8c(-c9ccccc9)cc(C(C)(C)C)cc8-c8ccccc8)c8ccccc87)ccc6C(C)(C)C)cc54)c3)c3ccccc3-c3ccccc32)cc1. The van der Waals surface area contributed by atoms with Gasteiger partial charge in [0.05, 0.1) is 33.5 Å². The summed E-state index contributed by atoms with van der Waals surface area (Å²) in [5, 5.41) is 2.29. The van der Waals surface area contributed by atoms with E-state index < -0.39 is 5.41 Å². The van der Waals surface area contributed by atoms with Crippen LogP contribution in [-0.2, 0) is 21.7 Å². The lowest BCUT2D eigenvalue weighted by atomic mass is 9.67. The molecule has 0 saturated heterocycles. The molecule has 0 bridgehead atoms. The first-order valence-corrected chi connectivity index (χ1v) is 29.6. The van der Waals surface area contributed by atoms with Gasteiger partial charge in [0, 0.05) is 51.5 Å². The highest BCUT2D eigenvalue weighted by atomic mass is 16.5. The van der Waals surface area contributed by atoms with E-state index in [9.17, 15) is 0 Å². The Morgan fingerprint density at radius 2 is 0.976 bits per heavy atom. The number of hydrogen-bond donors (Lipinski definition) is 0. The summed E-state index contributed by atoms with van der Waals surface area (Å²) >= 11 is 0. The van der Waals surface area contributed by atoms with E-state index in [2.05, 4.69) is 319 Å². The first kappa shape index (κ1) is 52.6. The monoisotopic (exact) mass is 1090 g/mol. The standard InChI is InChI=1S/C79H70N4O/c1-76(2,3)54-36-38-55(39-37-54)79(66-31-19-16-28-60(66)61-29-17-20-32-67(61)79)56-44-45-80-74(48-56)83-69-33-21-18-30-62(69)63-42-41-59(50-72(63)83)84-73-49-58(40-43-68(73)78(7,8)9)81-51-82(71-35-23-22-34-70(71)81)75-64(52-24-12-10-13-25-52)46-57(77(4,5)6)47-65(75)53-26-14-11-15-27-53/h10-50H,51H2,1-9H3. The molecule has 2 aliphatic rings. The molecule has 0 saturated carbocycles. The van der Waals surface area contributed by atoms with Gasteiger partial charge in [-0.05, 0) is 133 Å². The van der Waals surface area contributed by atoms with Crippen LogP contribution in [0.15, 0.2) is 249 Å². The fraction of sp³-hybridized carbons (Fsp3) is 0.177. The van der Waals surface area contributed by atoms with Crippen LogP contribution in [0, 0.1) is 0 Å². The van der Waals surface area contributed by atoms with Crippen LogP contribution in [0.3, 0.4) is 0 Å². The third kappa shape index (κ3) is 8.71. The highest BCUT2D eigenvalue weighted by Gasteiger charge is 2.46. The second-order valence-electron chi connectivity index (χ2n) is 26.0. The summed E-state index contributed by atoms with van der Waals surface area (Å²) in [7, 11) is 0. The van der Waals surface area contributed by atoms with Gasteiger partial charge in [-0.1, -0.05) is 232 Å². The molecule has 10 aromatic carbocycles. The maximum absolute atomic E-state index is 7.35. The molecule has 5 heteroatoms. The Morgan fingerprint density at radius 3 is 1.60 bits per heavy atom. The van der Waals surface area contributed by atoms with Crippen molar-refractivity contribution in [2.45, 2.75) is 84.0 Å². The number of rotatable bonds is 9. The molecule has 1 aliphatic carbocycles. The molecule has 5 nitrogen and oxygen atoms in total. The van der Waals surface area contributed by atoms with Crippen molar-refractivity contribution < 1.29 is 4.74 Å². The average Bonchev–Trinajstić information content (AvgIpc) is 1.66. The highest BCUT2D eigenvalue weighted by molar-refractivity contribution is 6.09. The fourth-order valence-corrected chi connectivity index (χ4v) is 13.4. The number of para-hydroxylation sites is 3. The Labute approximate surface area is 495 Å². The molecule has 0 spiro atoms. The first-order valence-electron chi connectivity index (χ1n) is 29.6. The number of pyridine rings is 1. The van der Waals surface area contributed by atoms with E-state index in [1.807, 2.05) is 6.20 Å². The van der Waals surface area contributed by atoms with Gasteiger partial charge in [0.1, 0.15) is 24.0 Å². The lowest BCUT2D eigenvalue weighted by Gasteiger charge is -2.34. The number of benzene rings is 10. The van der Waals surface area contributed by atoms with Crippen LogP contribution in [0.25, 0.3) is 61.0 Å². The van der Waals surface area contributed by atoms with E-state index in [4.69, 9.17) is 9.72 Å². The molecule has 0 amide bonds. The van der Waals surface area contributed by atoms with Crippen LogP contribution in [-0.4, -0.2) is 16.2 Å². The van der Waals surface area contributed by atoms with Gasteiger partial charge in [0.2, 0.25) is 0 Å². The Kier molecular flexibility index (Phi) is 12.5. The van der Waals surface area contributed by atoms with Crippen molar-refractivity contribution in [2.24, 2.45) is 0 Å². The second-order valence-corrected chi connectivity index (χ2v) is 26.0. The molecule has 0 fully saturated rings. The Hall–Kier alpha value is -9.45. The number of aromatic nitrogens is 2. The topological polar surface area (TPSA) is 33.5 Å². The van der Waals surface area contributed by atoms with Crippen LogP contribution in [0.2, 0.25) is 0 Å². The van der Waals surface area contributed by atoms with Crippen molar-refractivity contribution in [2.75, 3.05) is 16.5 Å². The molecule has 12 aromatic rings. The zero-order valence-electron chi connectivity index (χ0n) is 49.6. The van der Waals surface area contributed by atoms with Gasteiger partial charge < -0.3 is 14.5 Å². The smallest absolute Gasteiger partial charge is 0.137 e. The molecule has 3 heterocycles. The first-order chi connectivity index (χ1) is 40.6. The fourth-order valence-electron chi connectivity index (χ4n) is 13.4. The summed E-state index contributed by atoms with van der Waals surface area (Å²) < 4.78 is 9.68. The van der Waals surface area contributed by atoms with Gasteiger partial charge in [0.25, 0.3) is 0 Å². The van der Waals surface area contributed by atoms with Crippen molar-refractivity contribution in [3.05, 3.63) is 288 Å². The summed E-state index contributed by atoms with van der Waals surface area (Å²) in [6, 6.07) is 89.5. The Bertz CT molecular complexity index is 4390. The molecule has 0 N–H and O–H groups in total. The average molecular weight is 1090 g/mol. The second kappa shape index (κ2) is 19.9. The summed E-state index contributed by atoms with van der Waals surface area (Å²) in [5.74, 6) is 2.42. The van der Waals surface area contributed by atoms with E-state index in [-0.39, 0.29) is 16.2 Å². The normalized spacial score (nSPS) is 13.8. The number of nitrogens with zero attached hydrogens (tertiary/aromatic N) is 4. The minimum atomic E-state index is -0.596. The van der Waals surface area contributed by atoms with Crippen LogP contribution in [0.4, 0.5) is 22.7 Å². The predicted molar refractivity (Wildman–Crippen MR) is 351 cm³/mol. The van der Waals surface area contributed by atoms with Crippen LogP contribution >= 0.6 is 0 Å². The molecule has 412 valence electrons. The van der Waals surface area contributed by atoms with E-state index in [0.717, 1.165) is 67.3 Å². The van der Waals surface area contributed by atoms with Crippen LogP contribution in [0.1, 0.15) is 101 Å². The molecule has 1 aliphatic heterocycles. The van der Waals surface area contributed by atoms with Crippen LogP contribution < -0.4 is 14.5 Å². The van der Waals surface area contributed by atoms with Gasteiger partial charge in [-0.15, -0.1) is 0 Å². The summed E-state index contributed by atoms with van der Waals surface area (Å²) in [5.41, 5.74) is 21.7. The van der Waals surface area contributed by atoms with Crippen molar-refractivity contribution in [1.29, 1.82) is 0 Å². The lowest BCUT2D eigenvalue weighted by Crippen LogP contribution is -2.29. The van der Waals surface area contributed by atoms with Crippen molar-refractivity contribution >= 4 is 44.6 Å². The molecule has 0 radical (unpaired) electrons. The van der Waals surface area contributed by atoms with E-state index in [0.29, 0.717) is 6.67 Å². The quantitative estimate of drug-likeness (QED) is 0.144. The van der Waals surface area contributed by atoms with Gasteiger partial charge in [-0.3, -0.25) is 4.57 Å². The van der Waals surface area contributed by atoms with Crippen molar-refractivity contribution in [3.8, 4) is 50.7 Å². The van der Waals surface area contributed by atoms with E-state index in [1.54, 1.807) is 0 Å². The third-order valence-electron chi connectivity index (χ3n) is 17.7. The van der Waals surface area contributed by atoms with Crippen molar-refractivity contribution in [1.82, 2.24) is 9.55 Å². The molecule has 84 heavy (non-hydrogen) atoms. The van der Waals surface area contributed by atoms with Gasteiger partial charge in [0.15, 0.2) is 0 Å². The lowest BCUT2D eigenvalue weighted by molar-refractivity contribution is 0.456. The summed E-state index contributed by atoms with van der Waals surface area (Å²) in [6.45, 7) is 21.2. The summed E-state index contributed by atoms with van der Waals surface area (Å²) in [4.78, 5) is 10.2. The molecular formula is C79H70N4O. The minimum Gasteiger partial charge on any atom is -0.457 e. The molecular weight excluding hydrogens is 1020 g/mol. The number of hydrogen-bond acceptors (Lipinski definition) is 4. The maximum Gasteiger partial charge on any atom is 0.137 e. The van der Waals surface area contributed by atoms with Crippen LogP contribution in [0.5, 0.6) is 11.5 Å². The predicted octanol–water partition coefficient (Wildman–Crippen LogP) is 20.8. The Balaban J connectivity index is 0.893. The molecule has 0 atom stereocenters. The van der Waals surface area contributed by atoms with E-state index >= 15 is 0 Å². The minimum absolute atomic E-state index is 0.0144. The Morgan fingerprint density at radius 1 is 0.417 bits per heavy atom. The third-order valence-corrected chi connectivity index (χ3v) is 17.7. The van der Waals surface area contributed by atoms with Gasteiger partial charge in [-0.2, -0.15) is 0 Å². The number of fused-ring (bicyclic) bond motifs is 7. The number of anilines is 4. The largest absolute Gasteiger partial charge is 0.457 e. The zero-order chi connectivity index (χ0) is 57.7. The molecule has 14 rings (SSSR count). The molecule has 0 unspecified atom stereocenters. The summed E-state index contributed by atoms with van der Waals surface area (Å²) in [6.07, 6.45) is 2.01. The highest BCUT2D eigenvalue weighted by Crippen LogP contribution is 2.57. The van der Waals surface area contributed by atoms with E-state index in [1.165, 1.54) is 66.9 Å².